The minimum absolute atomic E-state index is 0.107. The fourth-order valence-corrected chi connectivity index (χ4v) is 2.63. The molecule has 1 aromatic heterocycles. The number of carbonyl (C=O) groups is 2. The molecular formula is C20H20N2O4. The van der Waals surface area contributed by atoms with E-state index in [-0.39, 0.29) is 5.91 Å². The second-order valence-electron chi connectivity index (χ2n) is 5.97. The fourth-order valence-electron chi connectivity index (χ4n) is 2.63. The zero-order valence-electron chi connectivity index (χ0n) is 14.7. The first kappa shape index (κ1) is 17.5. The molecule has 1 amide bonds. The number of esters is 1. The summed E-state index contributed by atoms with van der Waals surface area (Å²) in [6, 6.07) is 15.3. The summed E-state index contributed by atoms with van der Waals surface area (Å²) in [6.45, 7) is 3.61. The molecule has 3 rings (SSSR count). The van der Waals surface area contributed by atoms with Crippen LogP contribution in [0.1, 0.15) is 25.0 Å². The van der Waals surface area contributed by atoms with Crippen molar-refractivity contribution in [2.75, 3.05) is 0 Å². The fraction of sp³-hybridized carbons (Fsp3) is 0.200. The molecule has 0 atom stereocenters. The molecule has 26 heavy (non-hydrogen) atoms. The van der Waals surface area contributed by atoms with Crippen molar-refractivity contribution < 1.29 is 19.1 Å². The molecule has 0 bridgehead atoms. The van der Waals surface area contributed by atoms with Gasteiger partial charge in [0.15, 0.2) is 0 Å². The molecule has 6 nitrogen and oxygen atoms in total. The monoisotopic (exact) mass is 352 g/mol. The third kappa shape index (κ3) is 4.42. The zero-order chi connectivity index (χ0) is 18.5. The SMILES string of the molecule is CC(=O)NCc1cc(OCc2ccccc2)c2cc(OC(C)=O)[nH]c2c1. The van der Waals surface area contributed by atoms with Crippen molar-refractivity contribution in [1.82, 2.24) is 10.3 Å². The van der Waals surface area contributed by atoms with Gasteiger partial charge in [0.25, 0.3) is 0 Å². The first-order valence-corrected chi connectivity index (χ1v) is 8.26. The van der Waals surface area contributed by atoms with Gasteiger partial charge < -0.3 is 19.8 Å². The number of hydrogen-bond donors (Lipinski definition) is 2. The Kier molecular flexibility index (Phi) is 5.22. The summed E-state index contributed by atoms with van der Waals surface area (Å²) in [6.07, 6.45) is 0. The van der Waals surface area contributed by atoms with Crippen LogP contribution >= 0.6 is 0 Å². The third-order valence-corrected chi connectivity index (χ3v) is 3.77. The number of hydrogen-bond acceptors (Lipinski definition) is 4. The number of fused-ring (bicyclic) bond motifs is 1. The molecule has 0 saturated heterocycles. The van der Waals surface area contributed by atoms with Crippen LogP contribution in [0.25, 0.3) is 10.9 Å². The van der Waals surface area contributed by atoms with Crippen LogP contribution in [0.4, 0.5) is 0 Å². The first-order valence-electron chi connectivity index (χ1n) is 8.26. The van der Waals surface area contributed by atoms with E-state index in [2.05, 4.69) is 10.3 Å². The second kappa shape index (κ2) is 7.74. The minimum atomic E-state index is -0.401. The second-order valence-corrected chi connectivity index (χ2v) is 5.97. The highest BCUT2D eigenvalue weighted by atomic mass is 16.5. The van der Waals surface area contributed by atoms with E-state index in [1.54, 1.807) is 6.07 Å². The van der Waals surface area contributed by atoms with Crippen LogP contribution in [0.15, 0.2) is 48.5 Å². The average Bonchev–Trinajstić information content (AvgIpc) is 3.00. The molecule has 0 radical (unpaired) electrons. The Balaban J connectivity index is 1.92. The van der Waals surface area contributed by atoms with Crippen LogP contribution in [0, 0.1) is 0 Å². The van der Waals surface area contributed by atoms with Gasteiger partial charge in [-0.3, -0.25) is 9.59 Å². The molecule has 0 saturated carbocycles. The standard InChI is InChI=1S/C20H20N2O4/c1-13(23)21-11-16-8-18-17(10-20(22-18)26-14(2)24)19(9-16)25-12-15-6-4-3-5-7-15/h3-10,22H,11-12H2,1-2H3,(H,21,23). The summed E-state index contributed by atoms with van der Waals surface area (Å²) >= 11 is 0. The van der Waals surface area contributed by atoms with Crippen LogP contribution in [-0.2, 0) is 22.7 Å². The number of aromatic amines is 1. The van der Waals surface area contributed by atoms with Gasteiger partial charge in [0.2, 0.25) is 11.8 Å². The number of rotatable bonds is 6. The summed E-state index contributed by atoms with van der Waals surface area (Å²) in [5, 5.41) is 3.58. The number of amides is 1. The van der Waals surface area contributed by atoms with E-state index in [1.165, 1.54) is 13.8 Å². The molecule has 1 heterocycles. The highest BCUT2D eigenvalue weighted by Crippen LogP contribution is 2.31. The molecule has 0 aliphatic carbocycles. The summed E-state index contributed by atoms with van der Waals surface area (Å²) in [5.41, 5.74) is 2.70. The van der Waals surface area contributed by atoms with Crippen molar-refractivity contribution >= 4 is 22.8 Å². The van der Waals surface area contributed by atoms with Crippen LogP contribution in [0.3, 0.4) is 0 Å². The highest BCUT2D eigenvalue weighted by molar-refractivity contribution is 5.89. The number of H-pyrrole nitrogens is 1. The van der Waals surface area contributed by atoms with E-state index >= 15 is 0 Å². The molecule has 2 N–H and O–H groups in total. The van der Waals surface area contributed by atoms with E-state index < -0.39 is 5.97 Å². The average molecular weight is 352 g/mol. The minimum Gasteiger partial charge on any atom is -0.488 e. The smallest absolute Gasteiger partial charge is 0.309 e. The number of carbonyl (C=O) groups excluding carboxylic acids is 2. The molecule has 3 aromatic rings. The van der Waals surface area contributed by atoms with Crippen LogP contribution in [-0.4, -0.2) is 16.9 Å². The molecule has 0 spiro atoms. The normalized spacial score (nSPS) is 10.5. The quantitative estimate of drug-likeness (QED) is 0.667. The van der Waals surface area contributed by atoms with Gasteiger partial charge in [-0.2, -0.15) is 0 Å². The van der Waals surface area contributed by atoms with E-state index in [1.807, 2.05) is 42.5 Å². The third-order valence-electron chi connectivity index (χ3n) is 3.77. The van der Waals surface area contributed by atoms with E-state index in [4.69, 9.17) is 9.47 Å². The Morgan fingerprint density at radius 2 is 1.81 bits per heavy atom. The molecule has 0 aliphatic rings. The summed E-state index contributed by atoms with van der Waals surface area (Å²) in [4.78, 5) is 25.5. The Morgan fingerprint density at radius 3 is 2.50 bits per heavy atom. The zero-order valence-corrected chi connectivity index (χ0v) is 14.7. The van der Waals surface area contributed by atoms with Crippen molar-refractivity contribution in [2.24, 2.45) is 0 Å². The Labute approximate surface area is 151 Å². The lowest BCUT2D eigenvalue weighted by Gasteiger charge is -2.10. The van der Waals surface area contributed by atoms with Gasteiger partial charge in [-0.1, -0.05) is 30.3 Å². The van der Waals surface area contributed by atoms with Crippen molar-refractivity contribution in [3.05, 3.63) is 59.7 Å². The molecule has 0 aliphatic heterocycles. The van der Waals surface area contributed by atoms with Gasteiger partial charge in [-0.05, 0) is 23.3 Å². The molecule has 134 valence electrons. The predicted molar refractivity (Wildman–Crippen MR) is 97.9 cm³/mol. The summed E-state index contributed by atoms with van der Waals surface area (Å²) in [7, 11) is 0. The Bertz CT molecular complexity index is 932. The highest BCUT2D eigenvalue weighted by Gasteiger charge is 2.12. The topological polar surface area (TPSA) is 80.4 Å². The first-order chi connectivity index (χ1) is 12.5. The molecular weight excluding hydrogens is 332 g/mol. The maximum Gasteiger partial charge on any atom is 0.309 e. The maximum atomic E-state index is 11.2. The predicted octanol–water partition coefficient (Wildman–Crippen LogP) is 3.31. The van der Waals surface area contributed by atoms with Crippen LogP contribution in [0.5, 0.6) is 11.6 Å². The van der Waals surface area contributed by atoms with Gasteiger partial charge in [-0.25, -0.2) is 0 Å². The number of aromatic nitrogens is 1. The van der Waals surface area contributed by atoms with Crippen LogP contribution < -0.4 is 14.8 Å². The molecule has 6 heteroatoms. The van der Waals surface area contributed by atoms with Gasteiger partial charge in [0.05, 0.1) is 5.52 Å². The molecule has 2 aromatic carbocycles. The summed E-state index contributed by atoms with van der Waals surface area (Å²) in [5.74, 6) is 0.501. The number of benzene rings is 2. The van der Waals surface area contributed by atoms with Gasteiger partial charge >= 0.3 is 5.97 Å². The largest absolute Gasteiger partial charge is 0.488 e. The lowest BCUT2D eigenvalue weighted by Crippen LogP contribution is -2.18. The van der Waals surface area contributed by atoms with Crippen molar-refractivity contribution in [1.29, 1.82) is 0 Å². The van der Waals surface area contributed by atoms with E-state index in [0.29, 0.717) is 24.8 Å². The lowest BCUT2D eigenvalue weighted by atomic mass is 10.1. The number of nitrogens with one attached hydrogen (secondary N) is 2. The Morgan fingerprint density at radius 1 is 1.04 bits per heavy atom. The summed E-state index contributed by atoms with van der Waals surface area (Å²) < 4.78 is 11.1. The van der Waals surface area contributed by atoms with E-state index in [0.717, 1.165) is 22.0 Å². The molecule has 0 fully saturated rings. The molecule has 0 unspecified atom stereocenters. The van der Waals surface area contributed by atoms with Gasteiger partial charge in [0.1, 0.15) is 12.4 Å². The van der Waals surface area contributed by atoms with Gasteiger partial charge in [-0.15, -0.1) is 0 Å². The van der Waals surface area contributed by atoms with E-state index in [9.17, 15) is 9.59 Å². The number of ether oxygens (including phenoxy) is 2. The van der Waals surface area contributed by atoms with Crippen molar-refractivity contribution in [3.63, 3.8) is 0 Å². The van der Waals surface area contributed by atoms with Crippen molar-refractivity contribution in [2.45, 2.75) is 27.0 Å². The van der Waals surface area contributed by atoms with Crippen LogP contribution in [0.2, 0.25) is 0 Å². The Hall–Kier alpha value is -3.28. The van der Waals surface area contributed by atoms with Gasteiger partial charge in [0, 0.05) is 31.8 Å². The lowest BCUT2D eigenvalue weighted by molar-refractivity contribution is -0.132. The van der Waals surface area contributed by atoms with Crippen molar-refractivity contribution in [3.8, 4) is 11.6 Å². The maximum absolute atomic E-state index is 11.2.